The first-order chi connectivity index (χ1) is 10.0. The van der Waals surface area contributed by atoms with Crippen LogP contribution >= 0.6 is 11.3 Å². The zero-order valence-electron chi connectivity index (χ0n) is 13.0. The Kier molecular flexibility index (Phi) is 5.22. The smallest absolute Gasteiger partial charge is 0.310 e. The summed E-state index contributed by atoms with van der Waals surface area (Å²) >= 11 is 1.78. The van der Waals surface area contributed by atoms with E-state index in [1.807, 2.05) is 0 Å². The Morgan fingerprint density at radius 2 is 2.29 bits per heavy atom. The first-order valence-electron chi connectivity index (χ1n) is 7.14. The lowest BCUT2D eigenvalue weighted by Crippen LogP contribution is -2.40. The molecule has 0 spiro atoms. The highest BCUT2D eigenvalue weighted by atomic mass is 32.1. The standard InChI is InChI=1S/C15H23N3O2S/c1-10-8-18(9-13(10)14(19)20-4)15(16-3)17-7-12-6-5-11(2)21-12/h5-6,10,13H,7-9H2,1-4H3,(H,16,17). The second-order valence-corrected chi connectivity index (χ2v) is 6.80. The number of rotatable bonds is 3. The molecule has 1 aliphatic rings. The molecular weight excluding hydrogens is 286 g/mol. The van der Waals surface area contributed by atoms with Crippen LogP contribution in [0.2, 0.25) is 0 Å². The van der Waals surface area contributed by atoms with Crippen LogP contribution in [-0.2, 0) is 16.1 Å². The predicted octanol–water partition coefficient (Wildman–Crippen LogP) is 1.87. The number of hydrogen-bond donors (Lipinski definition) is 1. The first kappa shape index (κ1) is 15.8. The van der Waals surface area contributed by atoms with Gasteiger partial charge in [-0.15, -0.1) is 11.3 Å². The summed E-state index contributed by atoms with van der Waals surface area (Å²) in [5.74, 6) is 0.922. The minimum absolute atomic E-state index is 0.0717. The number of nitrogens with one attached hydrogen (secondary N) is 1. The highest BCUT2D eigenvalue weighted by Gasteiger charge is 2.36. The molecule has 2 unspecified atom stereocenters. The third kappa shape index (κ3) is 3.75. The number of aryl methyl sites for hydroxylation is 1. The third-order valence-electron chi connectivity index (χ3n) is 3.84. The minimum Gasteiger partial charge on any atom is -0.469 e. The van der Waals surface area contributed by atoms with Gasteiger partial charge in [0.05, 0.1) is 19.6 Å². The van der Waals surface area contributed by atoms with Crippen LogP contribution in [0.5, 0.6) is 0 Å². The van der Waals surface area contributed by atoms with Crippen molar-refractivity contribution in [1.29, 1.82) is 0 Å². The molecule has 1 aromatic rings. The molecule has 1 aromatic heterocycles. The van der Waals surface area contributed by atoms with Crippen molar-refractivity contribution in [3.8, 4) is 0 Å². The van der Waals surface area contributed by atoms with Gasteiger partial charge in [-0.2, -0.15) is 0 Å². The van der Waals surface area contributed by atoms with Crippen LogP contribution in [0.4, 0.5) is 0 Å². The highest BCUT2D eigenvalue weighted by molar-refractivity contribution is 7.11. The third-order valence-corrected chi connectivity index (χ3v) is 4.85. The number of carbonyl (C=O) groups excluding carboxylic acids is 1. The van der Waals surface area contributed by atoms with E-state index in [0.717, 1.165) is 19.0 Å². The molecule has 1 fully saturated rings. The van der Waals surface area contributed by atoms with Gasteiger partial charge in [0.25, 0.3) is 0 Å². The number of thiophene rings is 1. The fraction of sp³-hybridized carbons (Fsp3) is 0.600. The van der Waals surface area contributed by atoms with Gasteiger partial charge in [-0.25, -0.2) is 0 Å². The molecule has 0 saturated carbocycles. The van der Waals surface area contributed by atoms with Gasteiger partial charge in [-0.05, 0) is 25.0 Å². The summed E-state index contributed by atoms with van der Waals surface area (Å²) in [4.78, 5) is 20.8. The summed E-state index contributed by atoms with van der Waals surface area (Å²) in [7, 11) is 3.22. The van der Waals surface area contributed by atoms with Crippen LogP contribution in [0.25, 0.3) is 0 Å². The molecule has 1 saturated heterocycles. The van der Waals surface area contributed by atoms with Crippen molar-refractivity contribution in [1.82, 2.24) is 10.2 Å². The number of nitrogens with zero attached hydrogens (tertiary/aromatic N) is 2. The molecule has 0 bridgehead atoms. The Morgan fingerprint density at radius 1 is 1.52 bits per heavy atom. The van der Waals surface area contributed by atoms with Crippen molar-refractivity contribution in [2.75, 3.05) is 27.2 Å². The topological polar surface area (TPSA) is 53.9 Å². The zero-order valence-corrected chi connectivity index (χ0v) is 13.9. The number of esters is 1. The zero-order chi connectivity index (χ0) is 15.4. The maximum atomic E-state index is 11.8. The van der Waals surface area contributed by atoms with Crippen molar-refractivity contribution in [3.63, 3.8) is 0 Å². The fourth-order valence-electron chi connectivity index (χ4n) is 2.68. The average Bonchev–Trinajstić information content (AvgIpc) is 3.05. The maximum Gasteiger partial charge on any atom is 0.310 e. The summed E-state index contributed by atoms with van der Waals surface area (Å²) in [6.45, 7) is 6.43. The number of hydrogen-bond acceptors (Lipinski definition) is 4. The first-order valence-corrected chi connectivity index (χ1v) is 7.95. The molecular formula is C15H23N3O2S. The lowest BCUT2D eigenvalue weighted by Gasteiger charge is -2.21. The quantitative estimate of drug-likeness (QED) is 0.526. The van der Waals surface area contributed by atoms with Crippen molar-refractivity contribution in [2.45, 2.75) is 20.4 Å². The van der Waals surface area contributed by atoms with E-state index in [9.17, 15) is 4.79 Å². The Morgan fingerprint density at radius 3 is 2.86 bits per heavy atom. The van der Waals surface area contributed by atoms with E-state index in [4.69, 9.17) is 4.74 Å². The van der Waals surface area contributed by atoms with Crippen LogP contribution in [0.3, 0.4) is 0 Å². The molecule has 6 heteroatoms. The Balaban J connectivity index is 1.94. The van der Waals surface area contributed by atoms with Gasteiger partial charge in [-0.3, -0.25) is 9.79 Å². The summed E-state index contributed by atoms with van der Waals surface area (Å²) in [6, 6.07) is 4.25. The van der Waals surface area contributed by atoms with Gasteiger partial charge >= 0.3 is 5.97 Å². The lowest BCUT2D eigenvalue weighted by atomic mass is 9.99. The monoisotopic (exact) mass is 309 g/mol. The van der Waals surface area contributed by atoms with Crippen molar-refractivity contribution >= 4 is 23.3 Å². The molecule has 1 aliphatic heterocycles. The van der Waals surface area contributed by atoms with E-state index in [1.54, 1.807) is 18.4 Å². The molecule has 0 aromatic carbocycles. The van der Waals surface area contributed by atoms with Gasteiger partial charge in [0.1, 0.15) is 0 Å². The van der Waals surface area contributed by atoms with Crippen molar-refractivity contribution in [3.05, 3.63) is 21.9 Å². The molecule has 0 amide bonds. The highest BCUT2D eigenvalue weighted by Crippen LogP contribution is 2.24. The summed E-state index contributed by atoms with van der Waals surface area (Å²) < 4.78 is 4.87. The molecule has 0 radical (unpaired) electrons. The van der Waals surface area contributed by atoms with Crippen molar-refractivity contribution < 1.29 is 9.53 Å². The van der Waals surface area contributed by atoms with Crippen LogP contribution in [0.1, 0.15) is 16.7 Å². The molecule has 2 atom stereocenters. The number of carbonyl (C=O) groups is 1. The summed E-state index contributed by atoms with van der Waals surface area (Å²) in [5.41, 5.74) is 0. The predicted molar refractivity (Wildman–Crippen MR) is 85.5 cm³/mol. The minimum atomic E-state index is -0.130. The summed E-state index contributed by atoms with van der Waals surface area (Å²) in [5, 5.41) is 3.37. The maximum absolute atomic E-state index is 11.8. The van der Waals surface area contributed by atoms with E-state index in [1.165, 1.54) is 16.9 Å². The van der Waals surface area contributed by atoms with Gasteiger partial charge in [-0.1, -0.05) is 6.92 Å². The SMILES string of the molecule is CN=C(NCc1ccc(C)s1)N1CC(C)C(C(=O)OC)C1. The van der Waals surface area contributed by atoms with E-state index < -0.39 is 0 Å². The Bertz CT molecular complexity index is 527. The Hall–Kier alpha value is -1.56. The van der Waals surface area contributed by atoms with Gasteiger partial charge in [0.15, 0.2) is 5.96 Å². The number of ether oxygens (including phenoxy) is 1. The molecule has 5 nitrogen and oxygen atoms in total. The van der Waals surface area contributed by atoms with Crippen LogP contribution in [0.15, 0.2) is 17.1 Å². The number of guanidine groups is 1. The van der Waals surface area contributed by atoms with Gasteiger partial charge in [0.2, 0.25) is 0 Å². The fourth-order valence-corrected chi connectivity index (χ4v) is 3.51. The molecule has 116 valence electrons. The second-order valence-electron chi connectivity index (χ2n) is 5.43. The van der Waals surface area contributed by atoms with Gasteiger partial charge in [0, 0.05) is 29.9 Å². The van der Waals surface area contributed by atoms with E-state index in [0.29, 0.717) is 6.54 Å². The van der Waals surface area contributed by atoms with E-state index in [-0.39, 0.29) is 17.8 Å². The number of likely N-dealkylation sites (tertiary alicyclic amines) is 1. The molecule has 0 aliphatic carbocycles. The van der Waals surface area contributed by atoms with Gasteiger partial charge < -0.3 is 15.0 Å². The van der Waals surface area contributed by atoms with Crippen LogP contribution in [0, 0.1) is 18.8 Å². The lowest BCUT2D eigenvalue weighted by molar-refractivity contribution is -0.145. The molecule has 2 rings (SSSR count). The molecule has 2 heterocycles. The second kappa shape index (κ2) is 6.93. The molecule has 21 heavy (non-hydrogen) atoms. The van der Waals surface area contributed by atoms with Crippen LogP contribution in [-0.4, -0.2) is 44.1 Å². The van der Waals surface area contributed by atoms with E-state index in [2.05, 4.69) is 41.2 Å². The number of aliphatic imine (C=N–C) groups is 1. The normalized spacial score (nSPS) is 22.5. The van der Waals surface area contributed by atoms with E-state index >= 15 is 0 Å². The van der Waals surface area contributed by atoms with Crippen molar-refractivity contribution in [2.24, 2.45) is 16.8 Å². The largest absolute Gasteiger partial charge is 0.469 e. The molecule has 1 N–H and O–H groups in total. The summed E-state index contributed by atoms with van der Waals surface area (Å²) in [6.07, 6.45) is 0. The Labute approximate surface area is 130 Å². The average molecular weight is 309 g/mol. The number of methoxy groups -OCH3 is 1. The van der Waals surface area contributed by atoms with Crippen LogP contribution < -0.4 is 5.32 Å².